The van der Waals surface area contributed by atoms with Gasteiger partial charge in [0.1, 0.15) is 22.1 Å². The Morgan fingerprint density at radius 1 is 1.03 bits per heavy atom. The maximum Gasteiger partial charge on any atom is 0.341 e. The third-order valence-electron chi connectivity index (χ3n) is 5.54. The summed E-state index contributed by atoms with van der Waals surface area (Å²) >= 11 is 1.18. The second-order valence-corrected chi connectivity index (χ2v) is 8.12. The molecule has 0 aliphatic heterocycles. The van der Waals surface area contributed by atoms with Gasteiger partial charge in [-0.25, -0.2) is 4.79 Å². The molecule has 1 aliphatic rings. The van der Waals surface area contributed by atoms with Gasteiger partial charge in [-0.15, -0.1) is 11.3 Å². The molecule has 2 aromatic rings. The lowest BCUT2D eigenvalue weighted by Gasteiger charge is -2.27. The highest BCUT2D eigenvalue weighted by molar-refractivity contribution is 7.15. The van der Waals surface area contributed by atoms with Gasteiger partial charge in [-0.3, -0.25) is 9.59 Å². The van der Waals surface area contributed by atoms with Crippen LogP contribution in [0.1, 0.15) is 36.0 Å². The summed E-state index contributed by atoms with van der Waals surface area (Å²) in [5.74, 6) is -2.24. The van der Waals surface area contributed by atoms with Gasteiger partial charge >= 0.3 is 11.9 Å². The molecule has 0 unspecified atom stereocenters. The van der Waals surface area contributed by atoms with E-state index in [1.165, 1.54) is 25.6 Å². The molecule has 0 spiro atoms. The maximum atomic E-state index is 12.9. The van der Waals surface area contributed by atoms with Gasteiger partial charge in [0, 0.05) is 22.6 Å². The van der Waals surface area contributed by atoms with E-state index in [1.54, 1.807) is 30.7 Å². The first-order chi connectivity index (χ1) is 14.9. The number of carbonyl (C=O) groups is 3. The van der Waals surface area contributed by atoms with Crippen molar-refractivity contribution < 1.29 is 33.7 Å². The van der Waals surface area contributed by atoms with Crippen LogP contribution in [0.2, 0.25) is 0 Å². The molecule has 1 amide bonds. The van der Waals surface area contributed by atoms with Gasteiger partial charge < -0.3 is 24.6 Å². The van der Waals surface area contributed by atoms with Crippen LogP contribution in [0.25, 0.3) is 11.1 Å². The standard InChI is InChI=1S/C22H25NO7S/c1-28-12-8-9-13(17(10-12)29-2)16-11-31-20(18(16)22(27)30-3)23-19(24)14-6-4-5-7-15(14)21(25)26/h8-11,14-15H,4-7H2,1-3H3,(H,23,24)(H,25,26)/t14-,15-/m1/s1. The van der Waals surface area contributed by atoms with Crippen LogP contribution in [0.3, 0.4) is 0 Å². The number of methoxy groups -OCH3 is 3. The van der Waals surface area contributed by atoms with E-state index in [9.17, 15) is 19.5 Å². The van der Waals surface area contributed by atoms with Crippen molar-refractivity contribution in [3.05, 3.63) is 29.1 Å². The molecule has 1 aliphatic carbocycles. The molecule has 0 saturated heterocycles. The molecule has 1 fully saturated rings. The topological polar surface area (TPSA) is 111 Å². The van der Waals surface area contributed by atoms with Gasteiger partial charge in [0.25, 0.3) is 0 Å². The fraction of sp³-hybridized carbons (Fsp3) is 0.409. The van der Waals surface area contributed by atoms with Crippen molar-refractivity contribution in [1.82, 2.24) is 0 Å². The Morgan fingerprint density at radius 3 is 2.35 bits per heavy atom. The third-order valence-corrected chi connectivity index (χ3v) is 6.43. The summed E-state index contributed by atoms with van der Waals surface area (Å²) in [6.45, 7) is 0. The number of carboxylic acids is 1. The van der Waals surface area contributed by atoms with Gasteiger partial charge in [0.05, 0.1) is 33.2 Å². The molecule has 2 N–H and O–H groups in total. The molecule has 0 bridgehead atoms. The Kier molecular flexibility index (Phi) is 7.17. The number of rotatable bonds is 7. The SMILES string of the molecule is COC(=O)c1c(-c2ccc(OC)cc2OC)csc1NC(=O)[C@@H]1CCCC[C@H]1C(=O)O. The van der Waals surface area contributed by atoms with Crippen molar-refractivity contribution in [2.24, 2.45) is 11.8 Å². The van der Waals surface area contributed by atoms with Crippen molar-refractivity contribution in [3.63, 3.8) is 0 Å². The van der Waals surface area contributed by atoms with Gasteiger partial charge in [-0.1, -0.05) is 12.8 Å². The van der Waals surface area contributed by atoms with Gasteiger partial charge in [0.2, 0.25) is 5.91 Å². The summed E-state index contributed by atoms with van der Waals surface area (Å²) in [5.41, 5.74) is 1.39. The zero-order valence-electron chi connectivity index (χ0n) is 17.6. The van der Waals surface area contributed by atoms with E-state index in [-0.39, 0.29) is 5.56 Å². The molecule has 1 aromatic heterocycles. The van der Waals surface area contributed by atoms with Crippen LogP contribution in [0, 0.1) is 11.8 Å². The van der Waals surface area contributed by atoms with Crippen molar-refractivity contribution in [1.29, 1.82) is 0 Å². The second-order valence-electron chi connectivity index (χ2n) is 7.24. The van der Waals surface area contributed by atoms with E-state index in [0.29, 0.717) is 40.5 Å². The Labute approximate surface area is 184 Å². The van der Waals surface area contributed by atoms with Crippen molar-refractivity contribution >= 4 is 34.2 Å². The average Bonchev–Trinajstić information content (AvgIpc) is 3.20. The van der Waals surface area contributed by atoms with Crippen LogP contribution in [-0.4, -0.2) is 44.3 Å². The fourth-order valence-electron chi connectivity index (χ4n) is 3.92. The largest absolute Gasteiger partial charge is 0.497 e. The highest BCUT2D eigenvalue weighted by atomic mass is 32.1. The Hall–Kier alpha value is -3.07. The number of ether oxygens (including phenoxy) is 3. The highest BCUT2D eigenvalue weighted by Gasteiger charge is 2.36. The lowest BCUT2D eigenvalue weighted by Crippen LogP contribution is -2.36. The lowest BCUT2D eigenvalue weighted by molar-refractivity contribution is -0.147. The summed E-state index contributed by atoms with van der Waals surface area (Å²) < 4.78 is 15.6. The molecule has 3 rings (SSSR count). The molecule has 31 heavy (non-hydrogen) atoms. The Morgan fingerprint density at radius 2 is 1.74 bits per heavy atom. The molecule has 1 heterocycles. The third kappa shape index (κ3) is 4.66. The summed E-state index contributed by atoms with van der Waals surface area (Å²) in [5, 5.41) is 14.3. The van der Waals surface area contributed by atoms with Crippen LogP contribution >= 0.6 is 11.3 Å². The van der Waals surface area contributed by atoms with Crippen molar-refractivity contribution in [3.8, 4) is 22.6 Å². The number of anilines is 1. The van der Waals surface area contributed by atoms with Crippen LogP contribution in [0.15, 0.2) is 23.6 Å². The summed E-state index contributed by atoms with van der Waals surface area (Å²) in [6, 6.07) is 5.21. The Balaban J connectivity index is 1.98. The van der Waals surface area contributed by atoms with Crippen LogP contribution < -0.4 is 14.8 Å². The second kappa shape index (κ2) is 9.82. The number of esters is 1. The molecule has 8 nitrogen and oxygen atoms in total. The minimum absolute atomic E-state index is 0.201. The van der Waals surface area contributed by atoms with E-state index < -0.39 is 29.7 Å². The van der Waals surface area contributed by atoms with Crippen LogP contribution in [-0.2, 0) is 14.3 Å². The number of benzene rings is 1. The molecular weight excluding hydrogens is 422 g/mol. The number of hydrogen-bond donors (Lipinski definition) is 2. The minimum Gasteiger partial charge on any atom is -0.497 e. The number of thiophene rings is 1. The highest BCUT2D eigenvalue weighted by Crippen LogP contribution is 2.42. The maximum absolute atomic E-state index is 12.9. The van der Waals surface area contributed by atoms with Gasteiger partial charge in [-0.05, 0) is 25.0 Å². The first kappa shape index (κ1) is 22.6. The molecule has 1 saturated carbocycles. The van der Waals surface area contributed by atoms with Crippen LogP contribution in [0.5, 0.6) is 11.5 Å². The van der Waals surface area contributed by atoms with Gasteiger partial charge in [0.15, 0.2) is 0 Å². The zero-order valence-corrected chi connectivity index (χ0v) is 18.4. The molecule has 9 heteroatoms. The van der Waals surface area contributed by atoms with E-state index in [1.807, 2.05) is 0 Å². The van der Waals surface area contributed by atoms with E-state index in [4.69, 9.17) is 14.2 Å². The molecule has 1 aromatic carbocycles. The lowest BCUT2D eigenvalue weighted by atomic mass is 9.79. The monoisotopic (exact) mass is 447 g/mol. The predicted octanol–water partition coefficient (Wildman–Crippen LogP) is 4.05. The molecule has 2 atom stereocenters. The molecular formula is C22H25NO7S. The minimum atomic E-state index is -0.970. The molecule has 0 radical (unpaired) electrons. The average molecular weight is 448 g/mol. The number of nitrogens with one attached hydrogen (secondary N) is 1. The smallest absolute Gasteiger partial charge is 0.341 e. The van der Waals surface area contributed by atoms with Crippen LogP contribution in [0.4, 0.5) is 5.00 Å². The Bertz CT molecular complexity index is 984. The summed E-state index contributed by atoms with van der Waals surface area (Å²) in [4.78, 5) is 37.1. The number of amides is 1. The van der Waals surface area contributed by atoms with E-state index >= 15 is 0 Å². The number of hydrogen-bond acceptors (Lipinski definition) is 7. The summed E-state index contributed by atoms with van der Waals surface area (Å²) in [7, 11) is 4.32. The van der Waals surface area contributed by atoms with Crippen molar-refractivity contribution in [2.75, 3.05) is 26.6 Å². The molecule has 166 valence electrons. The van der Waals surface area contributed by atoms with Crippen molar-refractivity contribution in [2.45, 2.75) is 25.7 Å². The van der Waals surface area contributed by atoms with E-state index in [2.05, 4.69) is 5.32 Å². The fourth-order valence-corrected chi connectivity index (χ4v) is 4.87. The number of carboxylic acid groups (broad SMARTS) is 1. The quantitative estimate of drug-likeness (QED) is 0.616. The summed E-state index contributed by atoms with van der Waals surface area (Å²) in [6.07, 6.45) is 2.55. The van der Waals surface area contributed by atoms with Gasteiger partial charge in [-0.2, -0.15) is 0 Å². The predicted molar refractivity (Wildman–Crippen MR) is 116 cm³/mol. The first-order valence-electron chi connectivity index (χ1n) is 9.87. The first-order valence-corrected chi connectivity index (χ1v) is 10.7. The normalized spacial score (nSPS) is 18.2. The number of carbonyl (C=O) groups excluding carboxylic acids is 2. The zero-order chi connectivity index (χ0) is 22.5. The van der Waals surface area contributed by atoms with E-state index in [0.717, 1.165) is 12.8 Å². The number of aliphatic carboxylic acids is 1.